The molecule has 52 heavy (non-hydrogen) atoms. The number of aromatic nitrogens is 3. The second kappa shape index (κ2) is 12.4. The van der Waals surface area contributed by atoms with Crippen LogP contribution < -0.4 is 0 Å². The van der Waals surface area contributed by atoms with Gasteiger partial charge in [-0.3, -0.25) is 0 Å². The Morgan fingerprint density at radius 1 is 0.250 bits per heavy atom. The standard InChI is InChI=1S/C49H31N3/c1-4-14-32(15-5-1)38-28-39(30-40(29-38)49-51-47(35-18-6-2-7-19-35)50-48(52-49)36-20-8-3-9-21-36)44-31-37-25-24-33-16-10-12-22-41(33)45(37)43-27-26-34-17-11-13-23-42(34)46(43)44/h1-31H. The lowest BCUT2D eigenvalue weighted by Gasteiger charge is -2.17. The van der Waals surface area contributed by atoms with Crippen LogP contribution in [0.5, 0.6) is 0 Å². The van der Waals surface area contributed by atoms with Gasteiger partial charge in [0.1, 0.15) is 0 Å². The van der Waals surface area contributed by atoms with Crippen LogP contribution in [0.4, 0.5) is 0 Å². The Balaban J connectivity index is 1.30. The number of nitrogens with zero attached hydrogens (tertiary/aromatic N) is 3. The minimum absolute atomic E-state index is 0.632. The maximum Gasteiger partial charge on any atom is 0.164 e. The van der Waals surface area contributed by atoms with Crippen molar-refractivity contribution in [2.75, 3.05) is 0 Å². The van der Waals surface area contributed by atoms with E-state index in [1.165, 1.54) is 48.7 Å². The van der Waals surface area contributed by atoms with Gasteiger partial charge < -0.3 is 0 Å². The molecule has 0 fully saturated rings. The molecule has 0 spiro atoms. The molecule has 0 bridgehead atoms. The number of hydrogen-bond acceptors (Lipinski definition) is 3. The van der Waals surface area contributed by atoms with Crippen molar-refractivity contribution in [1.82, 2.24) is 15.0 Å². The highest BCUT2D eigenvalue weighted by atomic mass is 15.0. The first-order chi connectivity index (χ1) is 25.8. The summed E-state index contributed by atoms with van der Waals surface area (Å²) in [5.41, 5.74) is 7.34. The molecule has 0 radical (unpaired) electrons. The van der Waals surface area contributed by atoms with Crippen molar-refractivity contribution in [3.05, 3.63) is 188 Å². The molecule has 10 rings (SSSR count). The SMILES string of the molecule is c1ccc(-c2cc(-c3nc(-c4ccccc4)nc(-c4ccccc4)n3)cc(-c3cc4ccc5ccccc5c4c4ccc5ccccc5c34)c2)cc1. The summed E-state index contributed by atoms with van der Waals surface area (Å²) < 4.78 is 0. The highest BCUT2D eigenvalue weighted by Crippen LogP contribution is 2.43. The maximum atomic E-state index is 5.14. The van der Waals surface area contributed by atoms with Crippen molar-refractivity contribution >= 4 is 43.1 Å². The summed E-state index contributed by atoms with van der Waals surface area (Å²) in [6.45, 7) is 0. The van der Waals surface area contributed by atoms with Crippen molar-refractivity contribution in [2.45, 2.75) is 0 Å². The minimum atomic E-state index is 0.632. The van der Waals surface area contributed by atoms with Gasteiger partial charge in [-0.25, -0.2) is 15.0 Å². The summed E-state index contributed by atoms with van der Waals surface area (Å²) in [5, 5.41) is 9.92. The lowest BCUT2D eigenvalue weighted by molar-refractivity contribution is 1.07. The van der Waals surface area contributed by atoms with Crippen molar-refractivity contribution in [1.29, 1.82) is 0 Å². The quantitative estimate of drug-likeness (QED) is 0.172. The van der Waals surface area contributed by atoms with Crippen LogP contribution in [0.2, 0.25) is 0 Å². The molecule has 0 N–H and O–H groups in total. The molecule has 3 heteroatoms. The molecule has 0 unspecified atom stereocenters. The molecule has 0 saturated heterocycles. The molecule has 0 aliphatic rings. The first kappa shape index (κ1) is 29.9. The Hall–Kier alpha value is -6.97. The van der Waals surface area contributed by atoms with Gasteiger partial charge >= 0.3 is 0 Å². The van der Waals surface area contributed by atoms with Crippen molar-refractivity contribution in [2.24, 2.45) is 0 Å². The van der Waals surface area contributed by atoms with Gasteiger partial charge in [-0.05, 0) is 89.6 Å². The Kier molecular flexibility index (Phi) is 7.14. The van der Waals surface area contributed by atoms with Crippen LogP contribution in [0.25, 0.3) is 99.5 Å². The summed E-state index contributed by atoms with van der Waals surface area (Å²) >= 11 is 0. The van der Waals surface area contributed by atoms with Gasteiger partial charge in [-0.1, -0.05) is 164 Å². The fourth-order valence-corrected chi connectivity index (χ4v) is 7.58. The molecular formula is C49H31N3. The predicted molar refractivity (Wildman–Crippen MR) is 217 cm³/mol. The number of hydrogen-bond donors (Lipinski definition) is 0. The number of fused-ring (bicyclic) bond motifs is 7. The van der Waals surface area contributed by atoms with Gasteiger partial charge in [0, 0.05) is 16.7 Å². The molecule has 1 heterocycles. The molecule has 9 aromatic carbocycles. The largest absolute Gasteiger partial charge is 0.208 e. The topological polar surface area (TPSA) is 38.7 Å². The Bertz CT molecular complexity index is 2880. The van der Waals surface area contributed by atoms with Crippen molar-refractivity contribution in [3.63, 3.8) is 0 Å². The maximum absolute atomic E-state index is 5.14. The molecular weight excluding hydrogens is 631 g/mol. The molecule has 0 amide bonds. The highest BCUT2D eigenvalue weighted by molar-refractivity contribution is 6.28. The van der Waals surface area contributed by atoms with E-state index in [1.807, 2.05) is 36.4 Å². The first-order valence-corrected chi connectivity index (χ1v) is 17.6. The summed E-state index contributed by atoms with van der Waals surface area (Å²) in [6.07, 6.45) is 0. The van der Waals surface area contributed by atoms with E-state index in [1.54, 1.807) is 0 Å². The summed E-state index contributed by atoms with van der Waals surface area (Å²) in [6, 6.07) is 66.6. The lowest BCUT2D eigenvalue weighted by atomic mass is 9.87. The molecule has 0 atom stereocenters. The zero-order valence-corrected chi connectivity index (χ0v) is 28.2. The third-order valence-corrected chi connectivity index (χ3v) is 10.0. The van der Waals surface area contributed by atoms with Gasteiger partial charge in [0.15, 0.2) is 17.5 Å². The Labute approximate surface area is 301 Å². The van der Waals surface area contributed by atoms with E-state index in [4.69, 9.17) is 15.0 Å². The van der Waals surface area contributed by atoms with Gasteiger partial charge in [0.25, 0.3) is 0 Å². The minimum Gasteiger partial charge on any atom is -0.208 e. The molecule has 0 aliphatic heterocycles. The molecule has 0 aliphatic carbocycles. The van der Waals surface area contributed by atoms with Gasteiger partial charge in [0.2, 0.25) is 0 Å². The van der Waals surface area contributed by atoms with E-state index in [-0.39, 0.29) is 0 Å². The van der Waals surface area contributed by atoms with Gasteiger partial charge in [-0.15, -0.1) is 0 Å². The fourth-order valence-electron chi connectivity index (χ4n) is 7.58. The molecule has 1 aromatic heterocycles. The van der Waals surface area contributed by atoms with Crippen LogP contribution in [0.15, 0.2) is 188 Å². The smallest absolute Gasteiger partial charge is 0.164 e. The predicted octanol–water partition coefficient (Wildman–Crippen LogP) is 12.8. The fraction of sp³-hybridized carbons (Fsp3) is 0. The third-order valence-electron chi connectivity index (χ3n) is 10.0. The van der Waals surface area contributed by atoms with Crippen LogP contribution in [0.3, 0.4) is 0 Å². The molecule has 0 saturated carbocycles. The summed E-state index contributed by atoms with van der Waals surface area (Å²) in [4.78, 5) is 15.3. The average molecular weight is 662 g/mol. The van der Waals surface area contributed by atoms with Crippen LogP contribution in [0.1, 0.15) is 0 Å². The van der Waals surface area contributed by atoms with E-state index in [0.717, 1.165) is 33.4 Å². The second-order valence-electron chi connectivity index (χ2n) is 13.2. The van der Waals surface area contributed by atoms with Crippen molar-refractivity contribution in [3.8, 4) is 56.4 Å². The van der Waals surface area contributed by atoms with Crippen molar-refractivity contribution < 1.29 is 0 Å². The zero-order chi connectivity index (χ0) is 34.4. The van der Waals surface area contributed by atoms with E-state index in [9.17, 15) is 0 Å². The van der Waals surface area contributed by atoms with E-state index in [2.05, 4.69) is 152 Å². The Morgan fingerprint density at radius 3 is 1.31 bits per heavy atom. The average Bonchev–Trinajstić information content (AvgIpc) is 3.23. The number of rotatable bonds is 5. The number of benzene rings is 9. The summed E-state index contributed by atoms with van der Waals surface area (Å²) in [7, 11) is 0. The van der Waals surface area contributed by atoms with Crippen LogP contribution in [-0.4, -0.2) is 15.0 Å². The molecule has 3 nitrogen and oxygen atoms in total. The monoisotopic (exact) mass is 661 g/mol. The highest BCUT2D eigenvalue weighted by Gasteiger charge is 2.18. The Morgan fingerprint density at radius 2 is 0.692 bits per heavy atom. The molecule has 10 aromatic rings. The van der Waals surface area contributed by atoms with Crippen LogP contribution >= 0.6 is 0 Å². The second-order valence-corrected chi connectivity index (χ2v) is 13.2. The van der Waals surface area contributed by atoms with E-state index < -0.39 is 0 Å². The zero-order valence-electron chi connectivity index (χ0n) is 28.2. The normalized spacial score (nSPS) is 11.5. The third kappa shape index (κ3) is 5.19. The first-order valence-electron chi connectivity index (χ1n) is 17.6. The van der Waals surface area contributed by atoms with Crippen LogP contribution in [0, 0.1) is 0 Å². The van der Waals surface area contributed by atoms with E-state index >= 15 is 0 Å². The molecule has 242 valence electrons. The lowest BCUT2D eigenvalue weighted by Crippen LogP contribution is -2.00. The van der Waals surface area contributed by atoms with E-state index in [0.29, 0.717) is 17.5 Å². The van der Waals surface area contributed by atoms with Crippen LogP contribution in [-0.2, 0) is 0 Å². The summed E-state index contributed by atoms with van der Waals surface area (Å²) in [5.74, 6) is 1.92. The van der Waals surface area contributed by atoms with Gasteiger partial charge in [0.05, 0.1) is 0 Å². The van der Waals surface area contributed by atoms with Gasteiger partial charge in [-0.2, -0.15) is 0 Å².